The molecule has 2 rings (SSSR count). The van der Waals surface area contributed by atoms with Crippen LogP contribution in [-0.4, -0.2) is 34.8 Å². The van der Waals surface area contributed by atoms with Gasteiger partial charge in [-0.1, -0.05) is 0 Å². The van der Waals surface area contributed by atoms with Gasteiger partial charge in [-0.05, 0) is 32.1 Å². The molecular weight excluding hydrogens is 228 g/mol. The first-order valence-corrected chi connectivity index (χ1v) is 6.84. The lowest BCUT2D eigenvalue weighted by Crippen LogP contribution is -2.30. The van der Waals surface area contributed by atoms with Crippen molar-refractivity contribution in [3.05, 3.63) is 12.4 Å². The fourth-order valence-electron chi connectivity index (χ4n) is 2.31. The molecule has 1 saturated carbocycles. The second kappa shape index (κ2) is 6.75. The standard InChI is InChI=1S/C13H24N4O/c1-17-9-8-16-13(17)15-7-2-10-18-12-5-3-11(14)4-6-12/h8-9,11-12H,2-7,10,14H2,1H3,(H,15,16). The molecule has 5 heteroatoms. The molecule has 0 bridgehead atoms. The molecule has 0 unspecified atom stereocenters. The summed E-state index contributed by atoms with van der Waals surface area (Å²) in [6.45, 7) is 1.72. The van der Waals surface area contributed by atoms with Crippen LogP contribution in [0, 0.1) is 0 Å². The van der Waals surface area contributed by atoms with E-state index in [1.54, 1.807) is 6.20 Å². The summed E-state index contributed by atoms with van der Waals surface area (Å²) in [7, 11) is 1.98. The monoisotopic (exact) mass is 252 g/mol. The minimum Gasteiger partial charge on any atom is -0.378 e. The highest BCUT2D eigenvalue weighted by Crippen LogP contribution is 2.19. The summed E-state index contributed by atoms with van der Waals surface area (Å²) in [6, 6.07) is 0.398. The molecule has 102 valence electrons. The van der Waals surface area contributed by atoms with Crippen LogP contribution < -0.4 is 11.1 Å². The second-order valence-corrected chi connectivity index (χ2v) is 5.05. The maximum absolute atomic E-state index is 5.87. The fourth-order valence-corrected chi connectivity index (χ4v) is 2.31. The van der Waals surface area contributed by atoms with Gasteiger partial charge in [-0.15, -0.1) is 0 Å². The Labute approximate surface area is 109 Å². The van der Waals surface area contributed by atoms with Gasteiger partial charge in [0.25, 0.3) is 0 Å². The maximum Gasteiger partial charge on any atom is 0.202 e. The van der Waals surface area contributed by atoms with Gasteiger partial charge < -0.3 is 20.4 Å². The molecule has 1 aromatic heterocycles. The van der Waals surface area contributed by atoms with Crippen LogP contribution in [-0.2, 0) is 11.8 Å². The summed E-state index contributed by atoms with van der Waals surface area (Å²) < 4.78 is 7.83. The van der Waals surface area contributed by atoms with Crippen LogP contribution in [0.25, 0.3) is 0 Å². The Morgan fingerprint density at radius 3 is 2.89 bits per heavy atom. The van der Waals surface area contributed by atoms with E-state index in [0.29, 0.717) is 12.1 Å². The van der Waals surface area contributed by atoms with Crippen molar-refractivity contribution < 1.29 is 4.74 Å². The molecule has 0 aliphatic heterocycles. The Bertz CT molecular complexity index is 345. The average molecular weight is 252 g/mol. The number of rotatable bonds is 6. The quantitative estimate of drug-likeness (QED) is 0.753. The number of nitrogens with zero attached hydrogens (tertiary/aromatic N) is 2. The molecule has 18 heavy (non-hydrogen) atoms. The summed E-state index contributed by atoms with van der Waals surface area (Å²) >= 11 is 0. The van der Waals surface area contributed by atoms with Gasteiger partial charge in [-0.3, -0.25) is 0 Å². The first-order valence-electron chi connectivity index (χ1n) is 6.84. The van der Waals surface area contributed by atoms with Crippen molar-refractivity contribution >= 4 is 5.95 Å². The van der Waals surface area contributed by atoms with E-state index in [-0.39, 0.29) is 0 Å². The zero-order valence-electron chi connectivity index (χ0n) is 11.1. The molecule has 0 amide bonds. The minimum atomic E-state index is 0.398. The van der Waals surface area contributed by atoms with E-state index in [4.69, 9.17) is 10.5 Å². The van der Waals surface area contributed by atoms with Gasteiger partial charge >= 0.3 is 0 Å². The van der Waals surface area contributed by atoms with Gasteiger partial charge in [0.2, 0.25) is 5.95 Å². The Morgan fingerprint density at radius 1 is 1.44 bits per heavy atom. The molecule has 1 aromatic rings. The molecule has 0 spiro atoms. The SMILES string of the molecule is Cn1ccnc1NCCCOC1CCC(N)CC1. The summed E-state index contributed by atoms with van der Waals surface area (Å²) in [5, 5.41) is 3.29. The third kappa shape index (κ3) is 3.99. The number of nitrogens with one attached hydrogen (secondary N) is 1. The molecular formula is C13H24N4O. The summed E-state index contributed by atoms with van der Waals surface area (Å²) in [6.07, 6.45) is 9.62. The van der Waals surface area contributed by atoms with Gasteiger partial charge in [0.05, 0.1) is 6.10 Å². The second-order valence-electron chi connectivity index (χ2n) is 5.05. The predicted molar refractivity (Wildman–Crippen MR) is 72.5 cm³/mol. The number of ether oxygens (including phenoxy) is 1. The van der Waals surface area contributed by atoms with Crippen LogP contribution in [0.15, 0.2) is 12.4 Å². The lowest BCUT2D eigenvalue weighted by molar-refractivity contribution is 0.0251. The van der Waals surface area contributed by atoms with Gasteiger partial charge in [0, 0.05) is 38.6 Å². The third-order valence-corrected chi connectivity index (χ3v) is 3.50. The lowest BCUT2D eigenvalue weighted by Gasteiger charge is -2.26. The molecule has 1 aliphatic carbocycles. The Hall–Kier alpha value is -1.07. The maximum atomic E-state index is 5.87. The van der Waals surface area contributed by atoms with Crippen molar-refractivity contribution in [3.63, 3.8) is 0 Å². The van der Waals surface area contributed by atoms with Crippen molar-refractivity contribution in [3.8, 4) is 0 Å². The van der Waals surface area contributed by atoms with Crippen molar-refractivity contribution in [1.82, 2.24) is 9.55 Å². The third-order valence-electron chi connectivity index (χ3n) is 3.50. The first-order chi connectivity index (χ1) is 8.75. The van der Waals surface area contributed by atoms with Crippen molar-refractivity contribution in [2.45, 2.75) is 44.2 Å². The number of hydrogen-bond donors (Lipinski definition) is 2. The molecule has 1 fully saturated rings. The van der Waals surface area contributed by atoms with E-state index in [2.05, 4.69) is 10.3 Å². The van der Waals surface area contributed by atoms with E-state index in [1.807, 2.05) is 17.8 Å². The van der Waals surface area contributed by atoms with Gasteiger partial charge in [-0.2, -0.15) is 0 Å². The molecule has 1 heterocycles. The van der Waals surface area contributed by atoms with E-state index in [9.17, 15) is 0 Å². The van der Waals surface area contributed by atoms with E-state index >= 15 is 0 Å². The van der Waals surface area contributed by atoms with Crippen LogP contribution in [0.2, 0.25) is 0 Å². The Kier molecular flexibility index (Phi) is 5.01. The Morgan fingerprint density at radius 2 is 2.22 bits per heavy atom. The predicted octanol–water partition coefficient (Wildman–Crippen LogP) is 1.51. The van der Waals surface area contributed by atoms with E-state index in [1.165, 1.54) is 0 Å². The van der Waals surface area contributed by atoms with E-state index in [0.717, 1.165) is 51.2 Å². The van der Waals surface area contributed by atoms with Crippen LogP contribution in [0.3, 0.4) is 0 Å². The topological polar surface area (TPSA) is 65.1 Å². The molecule has 0 saturated heterocycles. The zero-order valence-corrected chi connectivity index (χ0v) is 11.1. The van der Waals surface area contributed by atoms with Crippen LogP contribution in [0.5, 0.6) is 0 Å². The number of anilines is 1. The van der Waals surface area contributed by atoms with Crippen LogP contribution >= 0.6 is 0 Å². The Balaban J connectivity index is 1.53. The minimum absolute atomic E-state index is 0.398. The molecule has 0 aromatic carbocycles. The molecule has 0 atom stereocenters. The normalized spacial score (nSPS) is 24.1. The van der Waals surface area contributed by atoms with Crippen LogP contribution in [0.1, 0.15) is 32.1 Å². The summed E-state index contributed by atoms with van der Waals surface area (Å²) in [5.41, 5.74) is 5.87. The number of imidazole rings is 1. The van der Waals surface area contributed by atoms with Crippen molar-refractivity contribution in [1.29, 1.82) is 0 Å². The summed E-state index contributed by atoms with van der Waals surface area (Å²) in [4.78, 5) is 4.21. The number of aromatic nitrogens is 2. The highest BCUT2D eigenvalue weighted by molar-refractivity contribution is 5.24. The van der Waals surface area contributed by atoms with Crippen molar-refractivity contribution in [2.75, 3.05) is 18.5 Å². The molecule has 5 nitrogen and oxygen atoms in total. The van der Waals surface area contributed by atoms with Gasteiger partial charge in [-0.25, -0.2) is 4.98 Å². The lowest BCUT2D eigenvalue weighted by atomic mass is 9.94. The van der Waals surface area contributed by atoms with Crippen LogP contribution in [0.4, 0.5) is 5.95 Å². The molecule has 3 N–H and O–H groups in total. The fraction of sp³-hybridized carbons (Fsp3) is 0.769. The highest BCUT2D eigenvalue weighted by Gasteiger charge is 2.18. The van der Waals surface area contributed by atoms with E-state index < -0.39 is 0 Å². The highest BCUT2D eigenvalue weighted by atomic mass is 16.5. The number of hydrogen-bond acceptors (Lipinski definition) is 4. The number of aryl methyl sites for hydroxylation is 1. The smallest absolute Gasteiger partial charge is 0.202 e. The largest absolute Gasteiger partial charge is 0.378 e. The first kappa shape index (κ1) is 13.4. The molecule has 1 aliphatic rings. The number of nitrogens with two attached hydrogens (primary N) is 1. The average Bonchev–Trinajstić information content (AvgIpc) is 2.77. The summed E-state index contributed by atoms with van der Waals surface area (Å²) in [5.74, 6) is 0.915. The van der Waals surface area contributed by atoms with Gasteiger partial charge in [0.1, 0.15) is 0 Å². The van der Waals surface area contributed by atoms with Gasteiger partial charge in [0.15, 0.2) is 0 Å². The van der Waals surface area contributed by atoms with Crippen molar-refractivity contribution in [2.24, 2.45) is 12.8 Å². The zero-order chi connectivity index (χ0) is 12.8. The molecule has 0 radical (unpaired) electrons.